The lowest BCUT2D eigenvalue weighted by molar-refractivity contribution is -0.131. The molecule has 1 aromatic rings. The molecule has 0 bridgehead atoms. The van der Waals surface area contributed by atoms with Crippen molar-refractivity contribution in [2.45, 2.75) is 37.6 Å². The van der Waals surface area contributed by atoms with Crippen molar-refractivity contribution >= 4 is 17.5 Å². The minimum absolute atomic E-state index is 0.0431. The maximum Gasteiger partial charge on any atom is 0.240 e. The first-order valence-corrected chi connectivity index (χ1v) is 9.33. The lowest BCUT2D eigenvalue weighted by Gasteiger charge is -2.36. The molecule has 1 aliphatic carbocycles. The summed E-state index contributed by atoms with van der Waals surface area (Å²) >= 11 is 0. The molecule has 0 unspecified atom stereocenters. The Hall–Kier alpha value is -2.15. The Labute approximate surface area is 153 Å². The highest BCUT2D eigenvalue weighted by Gasteiger charge is 2.36. The van der Waals surface area contributed by atoms with E-state index in [1.54, 1.807) is 12.1 Å². The number of carbonyl (C=O) groups excluding carboxylic acids is 2. The smallest absolute Gasteiger partial charge is 0.240 e. The van der Waals surface area contributed by atoms with Gasteiger partial charge in [-0.15, -0.1) is 0 Å². The quantitative estimate of drug-likeness (QED) is 0.826. The number of rotatable bonds is 5. The van der Waals surface area contributed by atoms with E-state index in [-0.39, 0.29) is 17.6 Å². The molecule has 0 spiro atoms. The predicted molar refractivity (Wildman–Crippen MR) is 98.2 cm³/mol. The van der Waals surface area contributed by atoms with Crippen molar-refractivity contribution in [2.75, 3.05) is 37.6 Å². The van der Waals surface area contributed by atoms with Crippen molar-refractivity contribution in [3.63, 3.8) is 0 Å². The fourth-order valence-corrected chi connectivity index (χ4v) is 3.72. The third-order valence-electron chi connectivity index (χ3n) is 5.40. The summed E-state index contributed by atoms with van der Waals surface area (Å²) in [6, 6.07) is 6.41. The topological polar surface area (TPSA) is 78.7 Å². The van der Waals surface area contributed by atoms with E-state index in [1.165, 1.54) is 12.1 Å². The van der Waals surface area contributed by atoms with Gasteiger partial charge >= 0.3 is 0 Å². The zero-order valence-electron chi connectivity index (χ0n) is 15.0. The second-order valence-electron chi connectivity index (χ2n) is 7.21. The van der Waals surface area contributed by atoms with Crippen LogP contribution in [0.25, 0.3) is 0 Å². The fraction of sp³-hybridized carbons (Fsp3) is 0.579. The van der Waals surface area contributed by atoms with Crippen molar-refractivity contribution in [1.29, 1.82) is 0 Å². The Morgan fingerprint density at radius 3 is 2.31 bits per heavy atom. The number of nitrogens with one attached hydrogen (secondary N) is 1. The van der Waals surface area contributed by atoms with E-state index in [4.69, 9.17) is 5.73 Å². The number of carbonyl (C=O) groups is 2. The highest BCUT2D eigenvalue weighted by atomic mass is 19.1. The zero-order chi connectivity index (χ0) is 18.6. The summed E-state index contributed by atoms with van der Waals surface area (Å²) in [5, 5.41) is 2.82. The predicted octanol–water partition coefficient (Wildman–Crippen LogP) is 1.25. The van der Waals surface area contributed by atoms with Crippen LogP contribution in [0.1, 0.15) is 32.1 Å². The fourth-order valence-electron chi connectivity index (χ4n) is 3.72. The summed E-state index contributed by atoms with van der Waals surface area (Å²) in [6.07, 6.45) is 3.71. The molecule has 7 heteroatoms. The van der Waals surface area contributed by atoms with Crippen LogP contribution in [0, 0.1) is 5.82 Å². The molecule has 3 rings (SSSR count). The van der Waals surface area contributed by atoms with Crippen LogP contribution in [0.4, 0.5) is 10.1 Å². The van der Waals surface area contributed by atoms with E-state index < -0.39 is 5.54 Å². The number of piperazine rings is 1. The van der Waals surface area contributed by atoms with Crippen molar-refractivity contribution < 1.29 is 14.0 Å². The van der Waals surface area contributed by atoms with Crippen molar-refractivity contribution in [1.82, 2.24) is 10.2 Å². The average Bonchev–Trinajstić information content (AvgIpc) is 3.10. The monoisotopic (exact) mass is 362 g/mol. The summed E-state index contributed by atoms with van der Waals surface area (Å²) in [7, 11) is 0. The summed E-state index contributed by atoms with van der Waals surface area (Å²) in [4.78, 5) is 28.5. The number of hydrogen-bond acceptors (Lipinski definition) is 4. The third kappa shape index (κ3) is 4.33. The Morgan fingerprint density at radius 2 is 1.69 bits per heavy atom. The van der Waals surface area contributed by atoms with Crippen LogP contribution < -0.4 is 16.0 Å². The van der Waals surface area contributed by atoms with Crippen LogP contribution in [-0.4, -0.2) is 55.0 Å². The number of hydrogen-bond donors (Lipinski definition) is 2. The molecule has 2 amide bonds. The molecule has 1 heterocycles. The van der Waals surface area contributed by atoms with Gasteiger partial charge in [-0.05, 0) is 37.1 Å². The first-order valence-electron chi connectivity index (χ1n) is 9.33. The van der Waals surface area contributed by atoms with E-state index in [9.17, 15) is 14.0 Å². The van der Waals surface area contributed by atoms with Crippen LogP contribution in [0.15, 0.2) is 24.3 Å². The van der Waals surface area contributed by atoms with Gasteiger partial charge in [0, 0.05) is 44.8 Å². The standard InChI is InChI=1S/C19H27FN4O2/c20-15-3-5-16(6-4-15)23-11-13-24(14-12-23)17(25)7-10-22-18(26)19(21)8-1-2-9-19/h3-6H,1-2,7-14,21H2,(H,22,26). The molecule has 0 radical (unpaired) electrons. The van der Waals surface area contributed by atoms with Crippen LogP contribution >= 0.6 is 0 Å². The molecule has 0 aromatic heterocycles. The van der Waals surface area contributed by atoms with Crippen molar-refractivity contribution in [2.24, 2.45) is 5.73 Å². The lowest BCUT2D eigenvalue weighted by Crippen LogP contribution is -2.53. The molecule has 1 saturated heterocycles. The SMILES string of the molecule is NC1(C(=O)NCCC(=O)N2CCN(c3ccc(F)cc3)CC2)CCCC1. The maximum atomic E-state index is 13.0. The number of anilines is 1. The zero-order valence-corrected chi connectivity index (χ0v) is 15.0. The Balaban J connectivity index is 1.39. The van der Waals surface area contributed by atoms with Crippen LogP contribution in [0.2, 0.25) is 0 Å². The van der Waals surface area contributed by atoms with Crippen LogP contribution in [0.5, 0.6) is 0 Å². The van der Waals surface area contributed by atoms with E-state index in [0.29, 0.717) is 26.1 Å². The molecule has 1 aromatic carbocycles. The Morgan fingerprint density at radius 1 is 1.08 bits per heavy atom. The lowest BCUT2D eigenvalue weighted by atomic mass is 9.98. The molecule has 2 fully saturated rings. The van der Waals surface area contributed by atoms with Crippen LogP contribution in [-0.2, 0) is 9.59 Å². The minimum Gasteiger partial charge on any atom is -0.368 e. The molecular formula is C19H27FN4O2. The van der Waals surface area contributed by atoms with Crippen molar-refractivity contribution in [3.8, 4) is 0 Å². The molecule has 3 N–H and O–H groups in total. The molecule has 142 valence electrons. The van der Waals surface area contributed by atoms with E-state index >= 15 is 0 Å². The molecule has 0 atom stereocenters. The second-order valence-corrected chi connectivity index (χ2v) is 7.21. The second kappa shape index (κ2) is 8.03. The van der Waals surface area contributed by atoms with Gasteiger partial charge in [-0.2, -0.15) is 0 Å². The Bertz CT molecular complexity index is 635. The minimum atomic E-state index is -0.746. The normalized spacial score (nSPS) is 19.5. The summed E-state index contributed by atoms with van der Waals surface area (Å²) in [5.41, 5.74) is 6.33. The summed E-state index contributed by atoms with van der Waals surface area (Å²) in [5.74, 6) is -0.341. The van der Waals surface area contributed by atoms with Gasteiger partial charge in [-0.25, -0.2) is 4.39 Å². The van der Waals surface area contributed by atoms with Gasteiger partial charge in [0.15, 0.2) is 0 Å². The highest BCUT2D eigenvalue weighted by Crippen LogP contribution is 2.27. The number of nitrogens with two attached hydrogens (primary N) is 1. The average molecular weight is 362 g/mol. The number of benzene rings is 1. The highest BCUT2D eigenvalue weighted by molar-refractivity contribution is 5.87. The number of amides is 2. The van der Waals surface area contributed by atoms with Gasteiger partial charge in [0.2, 0.25) is 11.8 Å². The summed E-state index contributed by atoms with van der Waals surface area (Å²) in [6.45, 7) is 3.02. The molecule has 6 nitrogen and oxygen atoms in total. The number of nitrogens with zero attached hydrogens (tertiary/aromatic N) is 2. The molecule has 2 aliphatic rings. The van der Waals surface area contributed by atoms with Gasteiger partial charge in [-0.3, -0.25) is 9.59 Å². The van der Waals surface area contributed by atoms with E-state index in [2.05, 4.69) is 10.2 Å². The summed E-state index contributed by atoms with van der Waals surface area (Å²) < 4.78 is 13.0. The van der Waals surface area contributed by atoms with Gasteiger partial charge in [0.05, 0.1) is 5.54 Å². The first kappa shape index (κ1) is 18.6. The number of halogens is 1. The van der Waals surface area contributed by atoms with E-state index in [1.807, 2.05) is 4.90 Å². The van der Waals surface area contributed by atoms with Gasteiger partial charge in [-0.1, -0.05) is 12.8 Å². The first-order chi connectivity index (χ1) is 12.5. The van der Waals surface area contributed by atoms with Gasteiger partial charge in [0.25, 0.3) is 0 Å². The van der Waals surface area contributed by atoms with Gasteiger partial charge in [0.1, 0.15) is 5.82 Å². The van der Waals surface area contributed by atoms with Crippen LogP contribution in [0.3, 0.4) is 0 Å². The van der Waals surface area contributed by atoms with E-state index in [0.717, 1.165) is 44.5 Å². The largest absolute Gasteiger partial charge is 0.368 e. The van der Waals surface area contributed by atoms with Crippen molar-refractivity contribution in [3.05, 3.63) is 30.1 Å². The molecular weight excluding hydrogens is 335 g/mol. The molecule has 1 saturated carbocycles. The maximum absolute atomic E-state index is 13.0. The molecule has 1 aliphatic heterocycles. The third-order valence-corrected chi connectivity index (χ3v) is 5.40. The Kier molecular flexibility index (Phi) is 5.76. The molecule has 26 heavy (non-hydrogen) atoms. The van der Waals surface area contributed by atoms with Gasteiger partial charge < -0.3 is 20.9 Å².